The molecule has 3 nitrogen and oxygen atoms in total. The van der Waals surface area contributed by atoms with Crippen LogP contribution in [0.25, 0.3) is 0 Å². The summed E-state index contributed by atoms with van der Waals surface area (Å²) in [6.07, 6.45) is 5.32. The molecule has 0 bridgehead atoms. The second kappa shape index (κ2) is 4.46. The number of rotatable bonds is 0. The molecular weight excluding hydrogens is 254 g/mol. The molecular formula is C15H18N3S+. The van der Waals surface area contributed by atoms with Gasteiger partial charge < -0.3 is 11.1 Å². The van der Waals surface area contributed by atoms with Crippen LogP contribution in [0.15, 0.2) is 39.8 Å². The number of aryl methyl sites for hydroxylation is 1. The summed E-state index contributed by atoms with van der Waals surface area (Å²) in [6, 6.07) is 4.19. The van der Waals surface area contributed by atoms with Crippen molar-refractivity contribution < 1.29 is 4.58 Å². The van der Waals surface area contributed by atoms with Crippen LogP contribution in [0.1, 0.15) is 12.0 Å². The van der Waals surface area contributed by atoms with Crippen LogP contribution < -0.4 is 11.1 Å². The molecule has 4 heteroatoms. The molecule has 0 saturated carbocycles. The number of nitrogens with two attached hydrogens (primary N) is 1. The minimum Gasteiger partial charge on any atom is -0.398 e. The summed E-state index contributed by atoms with van der Waals surface area (Å²) in [5.41, 5.74) is 11.7. The fraction of sp³-hybridized carbons (Fsp3) is 0.267. The van der Waals surface area contributed by atoms with Gasteiger partial charge in [0.2, 0.25) is 0 Å². The Balaban J connectivity index is 1.98. The van der Waals surface area contributed by atoms with Gasteiger partial charge in [-0.15, -0.1) is 0 Å². The fourth-order valence-corrected chi connectivity index (χ4v) is 3.38. The highest BCUT2D eigenvalue weighted by Gasteiger charge is 2.23. The van der Waals surface area contributed by atoms with Gasteiger partial charge in [-0.05, 0) is 30.7 Å². The average molecular weight is 272 g/mol. The lowest BCUT2D eigenvalue weighted by atomic mass is 10.1. The van der Waals surface area contributed by atoms with Crippen LogP contribution in [0, 0.1) is 6.92 Å². The standard InChI is InChI=1S/C15H18N3S/c1-9-6-13-15(8-11(9)16)19-14-7-10(18(2)3)4-5-12(14)17-13/h4-6,8,17H,7,16H2,1-3H3/q+1. The fourth-order valence-electron chi connectivity index (χ4n) is 2.26. The van der Waals surface area contributed by atoms with Gasteiger partial charge in [0.15, 0.2) is 5.71 Å². The summed E-state index contributed by atoms with van der Waals surface area (Å²) in [5.74, 6) is 0. The predicted molar refractivity (Wildman–Crippen MR) is 83.0 cm³/mol. The van der Waals surface area contributed by atoms with E-state index in [4.69, 9.17) is 5.73 Å². The van der Waals surface area contributed by atoms with Crippen molar-refractivity contribution in [1.29, 1.82) is 0 Å². The van der Waals surface area contributed by atoms with Crippen molar-refractivity contribution in [2.24, 2.45) is 0 Å². The summed E-state index contributed by atoms with van der Waals surface area (Å²) in [6.45, 7) is 2.04. The first kappa shape index (κ1) is 12.4. The van der Waals surface area contributed by atoms with E-state index in [1.54, 1.807) is 0 Å². The Morgan fingerprint density at radius 2 is 2.05 bits per heavy atom. The van der Waals surface area contributed by atoms with E-state index in [0.29, 0.717) is 0 Å². The summed E-state index contributed by atoms with van der Waals surface area (Å²) in [7, 11) is 4.17. The number of hydrogen-bond acceptors (Lipinski definition) is 3. The van der Waals surface area contributed by atoms with Gasteiger partial charge in [-0.3, -0.25) is 0 Å². The summed E-state index contributed by atoms with van der Waals surface area (Å²) in [4.78, 5) is 2.58. The first-order chi connectivity index (χ1) is 9.04. The molecule has 0 saturated heterocycles. The van der Waals surface area contributed by atoms with E-state index < -0.39 is 0 Å². The molecule has 1 aromatic carbocycles. The van der Waals surface area contributed by atoms with Crippen molar-refractivity contribution in [1.82, 2.24) is 0 Å². The van der Waals surface area contributed by atoms with Gasteiger partial charge >= 0.3 is 0 Å². The highest BCUT2D eigenvalue weighted by Crippen LogP contribution is 2.44. The Morgan fingerprint density at radius 3 is 2.79 bits per heavy atom. The molecule has 19 heavy (non-hydrogen) atoms. The largest absolute Gasteiger partial charge is 0.398 e. The zero-order valence-electron chi connectivity index (χ0n) is 11.4. The van der Waals surface area contributed by atoms with Crippen LogP contribution in [0.2, 0.25) is 0 Å². The first-order valence-corrected chi connectivity index (χ1v) is 7.15. The number of anilines is 2. The summed E-state index contributed by atoms with van der Waals surface area (Å²) in [5, 5.41) is 3.51. The molecule has 0 radical (unpaired) electrons. The molecule has 0 aromatic heterocycles. The Hall–Kier alpha value is -1.68. The minimum absolute atomic E-state index is 0.861. The van der Waals surface area contributed by atoms with Crippen molar-refractivity contribution in [3.05, 3.63) is 40.5 Å². The second-order valence-corrected chi connectivity index (χ2v) is 6.30. The highest BCUT2D eigenvalue weighted by molar-refractivity contribution is 8.03. The maximum atomic E-state index is 6.00. The van der Waals surface area contributed by atoms with Crippen LogP contribution in [-0.2, 0) is 0 Å². The van der Waals surface area contributed by atoms with Gasteiger partial charge in [-0.25, -0.2) is 4.58 Å². The third kappa shape index (κ3) is 2.16. The first-order valence-electron chi connectivity index (χ1n) is 6.34. The molecule has 0 fully saturated rings. The molecule has 2 aliphatic rings. The van der Waals surface area contributed by atoms with Crippen LogP contribution in [0.4, 0.5) is 11.4 Å². The normalized spacial score (nSPS) is 16.9. The average Bonchev–Trinajstić information content (AvgIpc) is 2.37. The Bertz CT molecular complexity index is 650. The van der Waals surface area contributed by atoms with E-state index in [9.17, 15) is 0 Å². The molecule has 0 amide bonds. The third-order valence-electron chi connectivity index (χ3n) is 3.53. The van der Waals surface area contributed by atoms with Crippen LogP contribution in [-0.4, -0.2) is 24.4 Å². The smallest absolute Gasteiger partial charge is 0.180 e. The van der Waals surface area contributed by atoms with Crippen molar-refractivity contribution in [2.45, 2.75) is 18.2 Å². The lowest BCUT2D eigenvalue weighted by Gasteiger charge is -2.25. The van der Waals surface area contributed by atoms with Crippen LogP contribution in [0.3, 0.4) is 0 Å². The predicted octanol–water partition coefficient (Wildman–Crippen LogP) is 2.98. The van der Waals surface area contributed by atoms with E-state index in [1.165, 1.54) is 21.2 Å². The highest BCUT2D eigenvalue weighted by atomic mass is 32.2. The van der Waals surface area contributed by atoms with Crippen molar-refractivity contribution >= 4 is 28.8 Å². The van der Waals surface area contributed by atoms with Gasteiger partial charge in [0.05, 0.1) is 12.1 Å². The molecule has 1 aliphatic carbocycles. The SMILES string of the molecule is Cc1cc2c(cc1N)SC1=C(C=CC(=[N+](C)C)C1)N2. The van der Waals surface area contributed by atoms with Gasteiger partial charge in [0.1, 0.15) is 14.1 Å². The third-order valence-corrected chi connectivity index (χ3v) is 4.70. The van der Waals surface area contributed by atoms with Gasteiger partial charge in [0.25, 0.3) is 0 Å². The molecule has 0 unspecified atom stereocenters. The molecule has 0 spiro atoms. The van der Waals surface area contributed by atoms with Crippen molar-refractivity contribution in [3.63, 3.8) is 0 Å². The number of nitrogens with zero attached hydrogens (tertiary/aromatic N) is 1. The second-order valence-electron chi connectivity index (χ2n) is 5.16. The van der Waals surface area contributed by atoms with E-state index in [1.807, 2.05) is 18.7 Å². The number of benzene rings is 1. The molecule has 3 N–H and O–H groups in total. The van der Waals surface area contributed by atoms with E-state index in [-0.39, 0.29) is 0 Å². The number of allylic oxidation sites excluding steroid dienone is 3. The number of nitrogen functional groups attached to an aromatic ring is 1. The topological polar surface area (TPSA) is 41.1 Å². The molecule has 3 rings (SSSR count). The zero-order chi connectivity index (χ0) is 13.6. The minimum atomic E-state index is 0.861. The summed E-state index contributed by atoms with van der Waals surface area (Å²) >= 11 is 1.82. The van der Waals surface area contributed by atoms with Gasteiger partial charge in [-0.1, -0.05) is 11.8 Å². The molecule has 1 aliphatic heterocycles. The maximum absolute atomic E-state index is 6.00. The lowest BCUT2D eigenvalue weighted by molar-refractivity contribution is -0.464. The monoisotopic (exact) mass is 272 g/mol. The number of fused-ring (bicyclic) bond motifs is 1. The molecule has 0 atom stereocenters. The zero-order valence-corrected chi connectivity index (χ0v) is 12.3. The quantitative estimate of drug-likeness (QED) is 0.563. The molecule has 1 heterocycles. The number of thioether (sulfide) groups is 1. The number of nitrogens with one attached hydrogen (secondary N) is 1. The number of hydrogen-bond donors (Lipinski definition) is 2. The Kier molecular flexibility index (Phi) is 2.90. The maximum Gasteiger partial charge on any atom is 0.180 e. The lowest BCUT2D eigenvalue weighted by Crippen LogP contribution is -2.18. The molecule has 98 valence electrons. The van der Waals surface area contributed by atoms with Crippen LogP contribution >= 0.6 is 11.8 Å². The Labute approximate surface area is 117 Å². The van der Waals surface area contributed by atoms with Crippen LogP contribution in [0.5, 0.6) is 0 Å². The Morgan fingerprint density at radius 1 is 1.26 bits per heavy atom. The van der Waals surface area contributed by atoms with E-state index in [2.05, 4.69) is 48.3 Å². The van der Waals surface area contributed by atoms with E-state index in [0.717, 1.165) is 23.4 Å². The van der Waals surface area contributed by atoms with Gasteiger partial charge in [0, 0.05) is 27.3 Å². The van der Waals surface area contributed by atoms with Crippen molar-refractivity contribution in [3.8, 4) is 0 Å². The van der Waals surface area contributed by atoms with Gasteiger partial charge in [-0.2, -0.15) is 0 Å². The molecule has 1 aromatic rings. The summed E-state index contributed by atoms with van der Waals surface area (Å²) < 4.78 is 2.17. The van der Waals surface area contributed by atoms with Crippen molar-refractivity contribution in [2.75, 3.05) is 25.1 Å². The van der Waals surface area contributed by atoms with E-state index >= 15 is 0 Å².